The summed E-state index contributed by atoms with van der Waals surface area (Å²) in [7, 11) is 0. The highest BCUT2D eigenvalue weighted by Gasteiger charge is 2.27. The van der Waals surface area contributed by atoms with Crippen molar-refractivity contribution in [2.75, 3.05) is 0 Å². The summed E-state index contributed by atoms with van der Waals surface area (Å²) in [6, 6.07) is 5.59. The fourth-order valence-electron chi connectivity index (χ4n) is 1.29. The Kier molecular flexibility index (Phi) is 3.75. The van der Waals surface area contributed by atoms with Crippen molar-refractivity contribution < 1.29 is 26.7 Å². The molecule has 0 fully saturated rings. The van der Waals surface area contributed by atoms with E-state index in [0.29, 0.717) is 4.47 Å². The maximum Gasteiger partial charge on any atom is 0.207 e. The van der Waals surface area contributed by atoms with Crippen LogP contribution in [-0.2, 0) is 0 Å². The van der Waals surface area contributed by atoms with Crippen LogP contribution in [0.4, 0.5) is 22.0 Å². The Morgan fingerprint density at radius 3 is 1.58 bits per heavy atom. The predicted molar refractivity (Wildman–Crippen MR) is 60.4 cm³/mol. The van der Waals surface area contributed by atoms with E-state index in [1.807, 2.05) is 0 Å². The van der Waals surface area contributed by atoms with Crippen LogP contribution in [0.5, 0.6) is 11.5 Å². The summed E-state index contributed by atoms with van der Waals surface area (Å²) in [4.78, 5) is 0. The van der Waals surface area contributed by atoms with Gasteiger partial charge in [-0.25, -0.2) is 13.2 Å². The van der Waals surface area contributed by atoms with Crippen LogP contribution < -0.4 is 4.74 Å². The lowest BCUT2D eigenvalue weighted by molar-refractivity contribution is 0.332. The van der Waals surface area contributed by atoms with E-state index >= 15 is 0 Å². The Morgan fingerprint density at radius 1 is 0.684 bits per heavy atom. The molecular formula is C12H4BrF5O. The summed E-state index contributed by atoms with van der Waals surface area (Å²) in [6.45, 7) is 0. The van der Waals surface area contributed by atoms with Gasteiger partial charge in [0.15, 0.2) is 0 Å². The van der Waals surface area contributed by atoms with Crippen molar-refractivity contribution in [3.05, 3.63) is 57.8 Å². The Labute approximate surface area is 112 Å². The molecule has 0 aliphatic carbocycles. The highest BCUT2D eigenvalue weighted by Crippen LogP contribution is 2.32. The molecular weight excluding hydrogens is 335 g/mol. The lowest BCUT2D eigenvalue weighted by Crippen LogP contribution is -2.04. The molecule has 2 aromatic carbocycles. The fraction of sp³-hybridized carbons (Fsp3) is 0. The number of rotatable bonds is 2. The second-order valence-corrected chi connectivity index (χ2v) is 4.37. The normalized spacial score (nSPS) is 10.6. The van der Waals surface area contributed by atoms with Crippen LogP contribution in [0.3, 0.4) is 0 Å². The number of halogens is 6. The van der Waals surface area contributed by atoms with Crippen molar-refractivity contribution >= 4 is 15.9 Å². The quantitative estimate of drug-likeness (QED) is 0.428. The van der Waals surface area contributed by atoms with Gasteiger partial charge in [-0.1, -0.05) is 15.9 Å². The first-order valence-corrected chi connectivity index (χ1v) is 5.66. The van der Waals surface area contributed by atoms with Gasteiger partial charge in [-0.3, -0.25) is 0 Å². The molecule has 0 saturated carbocycles. The first-order valence-electron chi connectivity index (χ1n) is 4.86. The van der Waals surface area contributed by atoms with Crippen molar-refractivity contribution in [3.63, 3.8) is 0 Å². The van der Waals surface area contributed by atoms with Crippen LogP contribution in [0.1, 0.15) is 0 Å². The molecule has 0 bridgehead atoms. The lowest BCUT2D eigenvalue weighted by atomic mass is 10.2. The van der Waals surface area contributed by atoms with Crippen LogP contribution in [0.25, 0.3) is 0 Å². The minimum Gasteiger partial charge on any atom is -0.451 e. The molecule has 0 aliphatic rings. The van der Waals surface area contributed by atoms with E-state index in [-0.39, 0.29) is 5.75 Å². The minimum absolute atomic E-state index is 0.0635. The second-order valence-electron chi connectivity index (χ2n) is 3.46. The van der Waals surface area contributed by atoms with E-state index in [1.54, 1.807) is 0 Å². The van der Waals surface area contributed by atoms with Gasteiger partial charge in [0.2, 0.25) is 34.8 Å². The van der Waals surface area contributed by atoms with Gasteiger partial charge in [-0.15, -0.1) is 0 Å². The van der Waals surface area contributed by atoms with Crippen molar-refractivity contribution in [1.82, 2.24) is 0 Å². The number of benzene rings is 2. The summed E-state index contributed by atoms with van der Waals surface area (Å²) in [6.07, 6.45) is 0. The van der Waals surface area contributed by atoms with Gasteiger partial charge < -0.3 is 4.74 Å². The van der Waals surface area contributed by atoms with E-state index in [2.05, 4.69) is 15.9 Å². The zero-order valence-corrected chi connectivity index (χ0v) is 10.6. The van der Waals surface area contributed by atoms with Gasteiger partial charge in [-0.05, 0) is 24.3 Å². The Morgan fingerprint density at radius 2 is 1.11 bits per heavy atom. The molecule has 0 heterocycles. The van der Waals surface area contributed by atoms with Gasteiger partial charge in [-0.2, -0.15) is 8.78 Å². The largest absolute Gasteiger partial charge is 0.451 e. The van der Waals surface area contributed by atoms with E-state index in [0.717, 1.165) is 0 Å². The summed E-state index contributed by atoms with van der Waals surface area (Å²) in [5, 5.41) is 0. The van der Waals surface area contributed by atoms with Crippen molar-refractivity contribution in [2.45, 2.75) is 0 Å². The van der Waals surface area contributed by atoms with Crippen molar-refractivity contribution in [3.8, 4) is 11.5 Å². The average Bonchev–Trinajstić information content (AvgIpc) is 2.41. The second kappa shape index (κ2) is 5.16. The van der Waals surface area contributed by atoms with Crippen LogP contribution in [0, 0.1) is 29.1 Å². The minimum atomic E-state index is -2.22. The van der Waals surface area contributed by atoms with Crippen LogP contribution in [0.15, 0.2) is 28.7 Å². The van der Waals surface area contributed by atoms with E-state index in [4.69, 9.17) is 4.74 Å². The third-order valence-corrected chi connectivity index (χ3v) is 2.73. The zero-order valence-electron chi connectivity index (χ0n) is 8.99. The molecule has 0 N–H and O–H groups in total. The van der Waals surface area contributed by atoms with Crippen LogP contribution in [0.2, 0.25) is 0 Å². The van der Waals surface area contributed by atoms with E-state index < -0.39 is 34.8 Å². The molecule has 2 aromatic rings. The molecule has 19 heavy (non-hydrogen) atoms. The SMILES string of the molecule is Fc1c(F)c(F)c(Oc2ccc(Br)cc2)c(F)c1F. The number of hydrogen-bond donors (Lipinski definition) is 0. The molecule has 2 rings (SSSR count). The van der Waals surface area contributed by atoms with Crippen LogP contribution >= 0.6 is 15.9 Å². The molecule has 1 nitrogen and oxygen atoms in total. The maximum atomic E-state index is 13.3. The predicted octanol–water partition coefficient (Wildman–Crippen LogP) is 4.94. The Balaban J connectivity index is 2.48. The molecule has 7 heteroatoms. The van der Waals surface area contributed by atoms with Crippen LogP contribution in [-0.4, -0.2) is 0 Å². The molecule has 0 saturated heterocycles. The number of ether oxygens (including phenoxy) is 1. The first-order chi connectivity index (χ1) is 8.91. The third kappa shape index (κ3) is 2.56. The Hall–Kier alpha value is -1.63. The molecule has 0 aromatic heterocycles. The standard InChI is InChI=1S/C12H4BrF5O/c13-5-1-3-6(4-2-5)19-12-10(17)8(15)7(14)9(16)11(12)18/h1-4H. The highest BCUT2D eigenvalue weighted by molar-refractivity contribution is 9.10. The lowest BCUT2D eigenvalue weighted by Gasteiger charge is -2.09. The van der Waals surface area contributed by atoms with E-state index in [1.165, 1.54) is 24.3 Å². The van der Waals surface area contributed by atoms with Gasteiger partial charge in [0.1, 0.15) is 5.75 Å². The molecule has 100 valence electrons. The zero-order chi connectivity index (χ0) is 14.2. The summed E-state index contributed by atoms with van der Waals surface area (Å²) >= 11 is 3.12. The average molecular weight is 339 g/mol. The molecule has 0 aliphatic heterocycles. The molecule has 0 unspecified atom stereocenters. The summed E-state index contributed by atoms with van der Waals surface area (Å²) in [5.41, 5.74) is 0. The van der Waals surface area contributed by atoms with Gasteiger partial charge in [0.25, 0.3) is 0 Å². The summed E-state index contributed by atoms with van der Waals surface area (Å²) in [5.74, 6) is -11.8. The number of hydrogen-bond acceptors (Lipinski definition) is 1. The third-order valence-electron chi connectivity index (χ3n) is 2.20. The van der Waals surface area contributed by atoms with Gasteiger partial charge in [0.05, 0.1) is 0 Å². The highest BCUT2D eigenvalue weighted by atomic mass is 79.9. The van der Waals surface area contributed by atoms with Gasteiger partial charge in [0, 0.05) is 4.47 Å². The fourth-order valence-corrected chi connectivity index (χ4v) is 1.56. The smallest absolute Gasteiger partial charge is 0.207 e. The Bertz CT molecular complexity index is 598. The van der Waals surface area contributed by atoms with E-state index in [9.17, 15) is 22.0 Å². The molecule has 0 amide bonds. The molecule has 0 atom stereocenters. The monoisotopic (exact) mass is 338 g/mol. The summed E-state index contributed by atoms with van der Waals surface area (Å²) < 4.78 is 70.6. The van der Waals surface area contributed by atoms with Crippen molar-refractivity contribution in [2.24, 2.45) is 0 Å². The molecule has 0 radical (unpaired) electrons. The molecule has 0 spiro atoms. The topological polar surface area (TPSA) is 9.23 Å². The van der Waals surface area contributed by atoms with Crippen molar-refractivity contribution in [1.29, 1.82) is 0 Å². The van der Waals surface area contributed by atoms with Gasteiger partial charge >= 0.3 is 0 Å². The maximum absolute atomic E-state index is 13.3. The first kappa shape index (κ1) is 13.8.